The molecule has 1 atom stereocenters. The molecule has 0 saturated heterocycles. The number of rotatable bonds is 4. The number of hydrogen-bond acceptors (Lipinski definition) is 3. The largest absolute Gasteiger partial charge is 0.463 e. The zero-order valence-electron chi connectivity index (χ0n) is 8.71. The quantitative estimate of drug-likeness (QED) is 0.644. The molecule has 0 radical (unpaired) electrons. The van der Waals surface area contributed by atoms with E-state index in [4.69, 9.17) is 4.74 Å². The zero-order chi connectivity index (χ0) is 10.6. The number of hydrogen-bond donors (Lipinski definition) is 0. The third-order valence-corrected chi connectivity index (χ3v) is 2.44. The summed E-state index contributed by atoms with van der Waals surface area (Å²) in [5.74, 6) is -0.391. The Balaban J connectivity index is 2.68. The van der Waals surface area contributed by atoms with Gasteiger partial charge in [0.1, 0.15) is 5.78 Å². The van der Waals surface area contributed by atoms with E-state index in [0.29, 0.717) is 18.6 Å². The van der Waals surface area contributed by atoms with Crippen molar-refractivity contribution in [3.05, 3.63) is 11.6 Å². The van der Waals surface area contributed by atoms with E-state index in [2.05, 4.69) is 0 Å². The predicted octanol–water partition coefficient (Wildman–Crippen LogP) is 1.86. The van der Waals surface area contributed by atoms with Crippen LogP contribution in [0.4, 0.5) is 0 Å². The Kier molecular flexibility index (Phi) is 3.86. The third kappa shape index (κ3) is 2.22. The summed E-state index contributed by atoms with van der Waals surface area (Å²) < 4.78 is 4.89. The molecule has 0 aliphatic heterocycles. The molecule has 14 heavy (non-hydrogen) atoms. The SMILES string of the molecule is CCOC(=O)C1=CCCC1C(=O)CC. The van der Waals surface area contributed by atoms with Crippen LogP contribution in [0.15, 0.2) is 11.6 Å². The first-order chi connectivity index (χ1) is 6.70. The minimum absolute atomic E-state index is 0.141. The standard InChI is InChI=1S/C11H16O3/c1-3-10(12)8-6-5-7-9(8)11(13)14-4-2/h7-8H,3-6H2,1-2H3. The minimum atomic E-state index is -0.322. The fourth-order valence-corrected chi connectivity index (χ4v) is 1.72. The molecule has 1 aliphatic rings. The number of ketones is 1. The fraction of sp³-hybridized carbons (Fsp3) is 0.636. The van der Waals surface area contributed by atoms with Crippen molar-refractivity contribution in [1.29, 1.82) is 0 Å². The Morgan fingerprint density at radius 2 is 2.21 bits per heavy atom. The smallest absolute Gasteiger partial charge is 0.334 e. The van der Waals surface area contributed by atoms with Crippen LogP contribution in [0.2, 0.25) is 0 Å². The molecule has 0 spiro atoms. The first-order valence-electron chi connectivity index (χ1n) is 5.10. The van der Waals surface area contributed by atoms with E-state index in [1.54, 1.807) is 6.92 Å². The highest BCUT2D eigenvalue weighted by atomic mass is 16.5. The van der Waals surface area contributed by atoms with Gasteiger partial charge in [-0.2, -0.15) is 0 Å². The van der Waals surface area contributed by atoms with Gasteiger partial charge in [-0.3, -0.25) is 4.79 Å². The van der Waals surface area contributed by atoms with Crippen LogP contribution in [0.3, 0.4) is 0 Å². The summed E-state index contributed by atoms with van der Waals surface area (Å²) in [6, 6.07) is 0. The second-order valence-corrected chi connectivity index (χ2v) is 3.33. The van der Waals surface area contributed by atoms with E-state index in [-0.39, 0.29) is 17.7 Å². The Morgan fingerprint density at radius 1 is 1.50 bits per heavy atom. The zero-order valence-corrected chi connectivity index (χ0v) is 8.71. The van der Waals surface area contributed by atoms with Crippen molar-refractivity contribution in [1.82, 2.24) is 0 Å². The highest BCUT2D eigenvalue weighted by molar-refractivity contribution is 5.98. The molecular formula is C11H16O3. The van der Waals surface area contributed by atoms with Gasteiger partial charge >= 0.3 is 5.97 Å². The average Bonchev–Trinajstić information content (AvgIpc) is 2.65. The number of carbonyl (C=O) groups excluding carboxylic acids is 2. The molecule has 1 aliphatic carbocycles. The van der Waals surface area contributed by atoms with Gasteiger partial charge in [-0.05, 0) is 19.8 Å². The van der Waals surface area contributed by atoms with Gasteiger partial charge in [0, 0.05) is 17.9 Å². The third-order valence-electron chi connectivity index (χ3n) is 2.44. The molecule has 0 aromatic rings. The van der Waals surface area contributed by atoms with E-state index < -0.39 is 0 Å². The van der Waals surface area contributed by atoms with Gasteiger partial charge in [-0.15, -0.1) is 0 Å². The molecule has 0 aromatic heterocycles. The van der Waals surface area contributed by atoms with Crippen LogP contribution in [-0.2, 0) is 14.3 Å². The summed E-state index contributed by atoms with van der Waals surface area (Å²) in [4.78, 5) is 22.9. The second-order valence-electron chi connectivity index (χ2n) is 3.33. The van der Waals surface area contributed by atoms with Crippen LogP contribution in [0.1, 0.15) is 33.1 Å². The molecule has 0 N–H and O–H groups in total. The second kappa shape index (κ2) is 4.94. The van der Waals surface area contributed by atoms with Crippen LogP contribution in [-0.4, -0.2) is 18.4 Å². The summed E-state index contributed by atoms with van der Waals surface area (Å²) in [5, 5.41) is 0. The molecule has 1 rings (SSSR count). The maximum atomic E-state index is 11.5. The number of carbonyl (C=O) groups is 2. The van der Waals surface area contributed by atoms with E-state index in [1.807, 2.05) is 13.0 Å². The lowest BCUT2D eigenvalue weighted by molar-refractivity contribution is -0.140. The summed E-state index contributed by atoms with van der Waals surface area (Å²) in [5.41, 5.74) is 0.568. The summed E-state index contributed by atoms with van der Waals surface area (Å²) in [6.45, 7) is 3.96. The molecule has 0 fully saturated rings. The maximum absolute atomic E-state index is 11.5. The van der Waals surface area contributed by atoms with Gasteiger partial charge in [-0.25, -0.2) is 4.79 Å². The lowest BCUT2D eigenvalue weighted by Crippen LogP contribution is -2.19. The molecule has 3 nitrogen and oxygen atoms in total. The highest BCUT2D eigenvalue weighted by Crippen LogP contribution is 2.28. The molecule has 0 bridgehead atoms. The molecule has 0 saturated carbocycles. The van der Waals surface area contributed by atoms with Gasteiger partial charge < -0.3 is 4.74 Å². The number of allylic oxidation sites excluding steroid dienone is 1. The van der Waals surface area contributed by atoms with Crippen LogP contribution in [0.25, 0.3) is 0 Å². The van der Waals surface area contributed by atoms with Gasteiger partial charge in [0.25, 0.3) is 0 Å². The number of esters is 1. The van der Waals surface area contributed by atoms with Crippen molar-refractivity contribution >= 4 is 11.8 Å². The van der Waals surface area contributed by atoms with E-state index in [1.165, 1.54) is 0 Å². The Labute approximate surface area is 84.1 Å². The predicted molar refractivity (Wildman–Crippen MR) is 52.7 cm³/mol. The van der Waals surface area contributed by atoms with E-state index >= 15 is 0 Å². The van der Waals surface area contributed by atoms with E-state index in [9.17, 15) is 9.59 Å². The first kappa shape index (κ1) is 11.0. The van der Waals surface area contributed by atoms with Crippen LogP contribution < -0.4 is 0 Å². The number of ether oxygens (including phenoxy) is 1. The lowest BCUT2D eigenvalue weighted by Gasteiger charge is -2.11. The summed E-state index contributed by atoms with van der Waals surface area (Å²) >= 11 is 0. The molecule has 78 valence electrons. The Bertz CT molecular complexity index is 266. The van der Waals surface area contributed by atoms with Crippen molar-refractivity contribution in [2.24, 2.45) is 5.92 Å². The Morgan fingerprint density at radius 3 is 2.79 bits per heavy atom. The average molecular weight is 196 g/mol. The van der Waals surface area contributed by atoms with Crippen molar-refractivity contribution in [2.45, 2.75) is 33.1 Å². The van der Waals surface area contributed by atoms with Crippen LogP contribution >= 0.6 is 0 Å². The molecular weight excluding hydrogens is 180 g/mol. The topological polar surface area (TPSA) is 43.4 Å². The molecule has 1 unspecified atom stereocenters. The van der Waals surface area contributed by atoms with Crippen molar-refractivity contribution in [3.63, 3.8) is 0 Å². The molecule has 0 amide bonds. The fourth-order valence-electron chi connectivity index (χ4n) is 1.72. The number of Topliss-reactive ketones (excluding diaryl/α,β-unsaturated/α-hetero) is 1. The van der Waals surface area contributed by atoms with Gasteiger partial charge in [0.15, 0.2) is 0 Å². The minimum Gasteiger partial charge on any atom is -0.463 e. The van der Waals surface area contributed by atoms with Crippen molar-refractivity contribution in [2.75, 3.05) is 6.61 Å². The summed E-state index contributed by atoms with van der Waals surface area (Å²) in [7, 11) is 0. The lowest BCUT2D eigenvalue weighted by atomic mass is 9.95. The van der Waals surface area contributed by atoms with Crippen molar-refractivity contribution in [3.8, 4) is 0 Å². The normalized spacial score (nSPS) is 20.4. The molecule has 0 aromatic carbocycles. The maximum Gasteiger partial charge on any atom is 0.334 e. The van der Waals surface area contributed by atoms with Gasteiger partial charge in [0.2, 0.25) is 0 Å². The molecule has 3 heteroatoms. The highest BCUT2D eigenvalue weighted by Gasteiger charge is 2.30. The van der Waals surface area contributed by atoms with E-state index in [0.717, 1.165) is 12.8 Å². The van der Waals surface area contributed by atoms with Gasteiger partial charge in [0.05, 0.1) is 6.61 Å². The monoisotopic (exact) mass is 196 g/mol. The van der Waals surface area contributed by atoms with Crippen LogP contribution in [0.5, 0.6) is 0 Å². The molecule has 0 heterocycles. The van der Waals surface area contributed by atoms with Gasteiger partial charge in [-0.1, -0.05) is 13.0 Å². The van der Waals surface area contributed by atoms with Crippen molar-refractivity contribution < 1.29 is 14.3 Å². The van der Waals surface area contributed by atoms with Crippen LogP contribution in [0, 0.1) is 5.92 Å². The first-order valence-corrected chi connectivity index (χ1v) is 5.10. The summed E-state index contributed by atoms with van der Waals surface area (Å²) in [6.07, 6.45) is 3.89. The Hall–Kier alpha value is -1.12.